The summed E-state index contributed by atoms with van der Waals surface area (Å²) in [7, 11) is -2.19. The van der Waals surface area contributed by atoms with E-state index in [2.05, 4.69) is 19.2 Å². The maximum absolute atomic E-state index is 13.4. The zero-order valence-electron chi connectivity index (χ0n) is 20.1. The van der Waals surface area contributed by atoms with E-state index in [4.69, 9.17) is 0 Å². The summed E-state index contributed by atoms with van der Waals surface area (Å²) in [5.41, 5.74) is 2.53. The zero-order chi connectivity index (χ0) is 24.6. The van der Waals surface area contributed by atoms with Gasteiger partial charge in [-0.2, -0.15) is 0 Å². The minimum Gasteiger partial charge on any atom is -0.357 e. The molecule has 1 N–H and O–H groups in total. The number of anilines is 1. The van der Waals surface area contributed by atoms with Crippen molar-refractivity contribution in [2.45, 2.75) is 45.6 Å². The van der Waals surface area contributed by atoms with Crippen LogP contribution in [0.15, 0.2) is 54.6 Å². The molecule has 2 amide bonds. The minimum absolute atomic E-state index is 0.272. The summed E-state index contributed by atoms with van der Waals surface area (Å²) in [5, 5.41) is 2.62. The van der Waals surface area contributed by atoms with E-state index in [1.165, 1.54) is 11.9 Å². The number of amides is 2. The molecule has 1 unspecified atom stereocenters. The Bertz CT molecular complexity index is 1020. The second kappa shape index (κ2) is 11.8. The predicted octanol–water partition coefficient (Wildman–Crippen LogP) is 3.17. The molecule has 2 aromatic rings. The molecule has 0 aliphatic rings. The maximum Gasteiger partial charge on any atom is 0.244 e. The number of hydrogen-bond donors (Lipinski definition) is 1. The molecule has 0 saturated heterocycles. The standard InChI is InChI=1S/C25H35N3O4S/c1-6-23(25(30)26-4)27(17-16-20-10-8-7-9-11-20)24(29)18-28(33(5,31)32)22-14-12-21(13-15-22)19(2)3/h7-15,19,23H,6,16-18H2,1-5H3,(H,26,30). The summed E-state index contributed by atoms with van der Waals surface area (Å²) in [6, 6.07) is 16.2. The summed E-state index contributed by atoms with van der Waals surface area (Å²) in [4.78, 5) is 27.4. The third-order valence-electron chi connectivity index (χ3n) is 5.64. The van der Waals surface area contributed by atoms with Crippen LogP contribution in [0.4, 0.5) is 5.69 Å². The average Bonchev–Trinajstić information content (AvgIpc) is 2.79. The second-order valence-corrected chi connectivity index (χ2v) is 10.3. The molecule has 7 nitrogen and oxygen atoms in total. The third kappa shape index (κ3) is 7.32. The first-order chi connectivity index (χ1) is 15.6. The van der Waals surface area contributed by atoms with Crippen LogP contribution in [0.25, 0.3) is 0 Å². The van der Waals surface area contributed by atoms with Crippen molar-refractivity contribution < 1.29 is 18.0 Å². The van der Waals surface area contributed by atoms with E-state index >= 15 is 0 Å². The topological polar surface area (TPSA) is 86.8 Å². The summed E-state index contributed by atoms with van der Waals surface area (Å²) in [5.74, 6) is -0.385. The van der Waals surface area contributed by atoms with Gasteiger partial charge in [-0.3, -0.25) is 13.9 Å². The Hall–Kier alpha value is -2.87. The molecule has 2 aromatic carbocycles. The quantitative estimate of drug-likeness (QED) is 0.543. The van der Waals surface area contributed by atoms with Gasteiger partial charge in [-0.05, 0) is 42.0 Å². The number of carbonyl (C=O) groups excluding carboxylic acids is 2. The number of nitrogens with zero attached hydrogens (tertiary/aromatic N) is 2. The van der Waals surface area contributed by atoms with Crippen LogP contribution in [0, 0.1) is 0 Å². The number of carbonyl (C=O) groups is 2. The zero-order valence-corrected chi connectivity index (χ0v) is 20.9. The number of nitrogens with one attached hydrogen (secondary N) is 1. The van der Waals surface area contributed by atoms with Crippen LogP contribution in [0.2, 0.25) is 0 Å². The first kappa shape index (κ1) is 26.4. The second-order valence-electron chi connectivity index (χ2n) is 8.38. The van der Waals surface area contributed by atoms with Crippen LogP contribution in [0.1, 0.15) is 44.2 Å². The molecule has 0 bridgehead atoms. The van der Waals surface area contributed by atoms with Gasteiger partial charge in [-0.1, -0.05) is 63.2 Å². The monoisotopic (exact) mass is 473 g/mol. The fourth-order valence-electron chi connectivity index (χ4n) is 3.70. The normalized spacial score (nSPS) is 12.3. The Morgan fingerprint density at radius 3 is 2.09 bits per heavy atom. The largest absolute Gasteiger partial charge is 0.357 e. The van der Waals surface area contributed by atoms with Gasteiger partial charge in [0.05, 0.1) is 11.9 Å². The highest BCUT2D eigenvalue weighted by Crippen LogP contribution is 2.22. The first-order valence-electron chi connectivity index (χ1n) is 11.2. The van der Waals surface area contributed by atoms with Crippen molar-refractivity contribution in [1.82, 2.24) is 10.2 Å². The highest BCUT2D eigenvalue weighted by atomic mass is 32.2. The SMILES string of the molecule is CCC(C(=O)NC)N(CCc1ccccc1)C(=O)CN(c1ccc(C(C)C)cc1)S(C)(=O)=O. The van der Waals surface area contributed by atoms with Gasteiger partial charge in [0, 0.05) is 13.6 Å². The summed E-state index contributed by atoms with van der Waals surface area (Å²) < 4.78 is 26.3. The molecule has 0 spiro atoms. The molecular formula is C25H35N3O4S. The maximum atomic E-state index is 13.4. The molecule has 0 fully saturated rings. The van der Waals surface area contributed by atoms with E-state index in [9.17, 15) is 18.0 Å². The van der Waals surface area contributed by atoms with Gasteiger partial charge in [0.1, 0.15) is 12.6 Å². The van der Waals surface area contributed by atoms with Gasteiger partial charge in [0.2, 0.25) is 21.8 Å². The summed E-state index contributed by atoms with van der Waals surface area (Å²) >= 11 is 0. The predicted molar refractivity (Wildman–Crippen MR) is 133 cm³/mol. The lowest BCUT2D eigenvalue weighted by Crippen LogP contribution is -2.52. The van der Waals surface area contributed by atoms with Crippen molar-refractivity contribution in [3.05, 3.63) is 65.7 Å². The molecule has 180 valence electrons. The van der Waals surface area contributed by atoms with E-state index in [1.54, 1.807) is 12.1 Å². The van der Waals surface area contributed by atoms with Gasteiger partial charge in [-0.25, -0.2) is 8.42 Å². The van der Waals surface area contributed by atoms with Crippen molar-refractivity contribution in [3.8, 4) is 0 Å². The lowest BCUT2D eigenvalue weighted by molar-refractivity contribution is -0.139. The fourth-order valence-corrected chi connectivity index (χ4v) is 4.55. The molecule has 0 radical (unpaired) electrons. The fraction of sp³-hybridized carbons (Fsp3) is 0.440. The van der Waals surface area contributed by atoms with Crippen molar-refractivity contribution >= 4 is 27.5 Å². The lowest BCUT2D eigenvalue weighted by Gasteiger charge is -2.32. The minimum atomic E-state index is -3.72. The van der Waals surface area contributed by atoms with E-state index in [1.807, 2.05) is 49.4 Å². The Morgan fingerprint density at radius 1 is 1.00 bits per heavy atom. The molecule has 33 heavy (non-hydrogen) atoms. The summed E-state index contributed by atoms with van der Waals surface area (Å²) in [6.45, 7) is 5.88. The molecule has 2 rings (SSSR count). The van der Waals surface area contributed by atoms with E-state index in [0.29, 0.717) is 31.0 Å². The van der Waals surface area contributed by atoms with Gasteiger partial charge in [0.15, 0.2) is 0 Å². The number of sulfonamides is 1. The van der Waals surface area contributed by atoms with Gasteiger partial charge < -0.3 is 10.2 Å². The van der Waals surface area contributed by atoms with Crippen molar-refractivity contribution in [3.63, 3.8) is 0 Å². The molecule has 0 aliphatic heterocycles. The van der Waals surface area contributed by atoms with Crippen LogP contribution >= 0.6 is 0 Å². The van der Waals surface area contributed by atoms with Crippen LogP contribution in [0.3, 0.4) is 0 Å². The Labute approximate surface area is 197 Å². The number of hydrogen-bond acceptors (Lipinski definition) is 4. The van der Waals surface area contributed by atoms with Crippen LogP contribution in [0.5, 0.6) is 0 Å². The summed E-state index contributed by atoms with van der Waals surface area (Å²) in [6.07, 6.45) is 2.06. The number of benzene rings is 2. The molecule has 0 aliphatic carbocycles. The third-order valence-corrected chi connectivity index (χ3v) is 6.78. The molecule has 0 saturated carbocycles. The molecule has 0 heterocycles. The highest BCUT2D eigenvalue weighted by Gasteiger charge is 2.31. The molecule has 1 atom stereocenters. The Balaban J connectivity index is 2.33. The van der Waals surface area contributed by atoms with Crippen molar-refractivity contribution in [2.75, 3.05) is 30.7 Å². The molecule has 0 aromatic heterocycles. The number of likely N-dealkylation sites (N-methyl/N-ethyl adjacent to an activating group) is 1. The molecule has 8 heteroatoms. The van der Waals surface area contributed by atoms with E-state index < -0.39 is 22.0 Å². The first-order valence-corrected chi connectivity index (χ1v) is 13.1. The van der Waals surface area contributed by atoms with Crippen LogP contribution in [-0.4, -0.2) is 57.6 Å². The van der Waals surface area contributed by atoms with Gasteiger partial charge in [0.25, 0.3) is 0 Å². The smallest absolute Gasteiger partial charge is 0.244 e. The van der Waals surface area contributed by atoms with Gasteiger partial charge in [-0.15, -0.1) is 0 Å². The van der Waals surface area contributed by atoms with E-state index in [0.717, 1.165) is 21.7 Å². The van der Waals surface area contributed by atoms with Crippen LogP contribution < -0.4 is 9.62 Å². The van der Waals surface area contributed by atoms with Crippen LogP contribution in [-0.2, 0) is 26.0 Å². The Morgan fingerprint density at radius 2 is 1.61 bits per heavy atom. The highest BCUT2D eigenvalue weighted by molar-refractivity contribution is 7.92. The average molecular weight is 474 g/mol. The van der Waals surface area contributed by atoms with E-state index in [-0.39, 0.29) is 12.5 Å². The van der Waals surface area contributed by atoms with Crippen molar-refractivity contribution in [1.29, 1.82) is 0 Å². The number of rotatable bonds is 11. The van der Waals surface area contributed by atoms with Gasteiger partial charge >= 0.3 is 0 Å². The lowest BCUT2D eigenvalue weighted by atomic mass is 10.0. The molecular weight excluding hydrogens is 438 g/mol. The Kier molecular flexibility index (Phi) is 9.46. The van der Waals surface area contributed by atoms with Crippen molar-refractivity contribution in [2.24, 2.45) is 0 Å².